The molecule has 0 aromatic heterocycles. The second kappa shape index (κ2) is 9.81. The first-order valence-electron chi connectivity index (χ1n) is 10.2. The van der Waals surface area contributed by atoms with Crippen molar-refractivity contribution in [3.8, 4) is 0 Å². The van der Waals surface area contributed by atoms with Crippen molar-refractivity contribution < 1.29 is 19.4 Å². The van der Waals surface area contributed by atoms with Crippen molar-refractivity contribution in [3.63, 3.8) is 0 Å². The Labute approximate surface area is 178 Å². The molecule has 2 atom stereocenters. The number of carbonyl (C=O) groups is 2. The molecule has 1 aromatic rings. The van der Waals surface area contributed by atoms with Crippen LogP contribution in [0.5, 0.6) is 0 Å². The Bertz CT molecular complexity index is 719. The predicted molar refractivity (Wildman–Crippen MR) is 114 cm³/mol. The van der Waals surface area contributed by atoms with E-state index >= 15 is 0 Å². The van der Waals surface area contributed by atoms with E-state index in [9.17, 15) is 14.7 Å². The summed E-state index contributed by atoms with van der Waals surface area (Å²) < 4.78 is 5.52. The van der Waals surface area contributed by atoms with Gasteiger partial charge in [0.05, 0.1) is 5.60 Å². The molecule has 1 aliphatic heterocycles. The molecule has 0 saturated carbocycles. The number of carbonyl (C=O) groups excluding carboxylic acids is 2. The largest absolute Gasteiger partial charge is 0.444 e. The molecule has 1 aromatic carbocycles. The van der Waals surface area contributed by atoms with Crippen molar-refractivity contribution >= 4 is 23.6 Å². The molecule has 1 aliphatic rings. The van der Waals surface area contributed by atoms with E-state index in [1.54, 1.807) is 17.0 Å². The normalized spacial score (nSPS) is 19.4. The molecule has 2 amide bonds. The fourth-order valence-corrected chi connectivity index (χ4v) is 4.01. The number of likely N-dealkylation sites (tertiary alicyclic amines) is 1. The van der Waals surface area contributed by atoms with E-state index in [4.69, 9.17) is 16.3 Å². The number of aliphatic hydroxyl groups is 1. The lowest BCUT2D eigenvalue weighted by molar-refractivity contribution is -0.119. The van der Waals surface area contributed by atoms with Crippen LogP contribution in [0.25, 0.3) is 0 Å². The average molecular weight is 425 g/mol. The van der Waals surface area contributed by atoms with Gasteiger partial charge in [-0.25, -0.2) is 4.79 Å². The molecule has 1 heterocycles. The second-order valence-corrected chi connectivity index (χ2v) is 9.22. The zero-order chi connectivity index (χ0) is 21.7. The van der Waals surface area contributed by atoms with Gasteiger partial charge in [-0.1, -0.05) is 23.7 Å². The number of rotatable bonds is 6. The number of nitrogens with one attached hydrogen (secondary N) is 1. The highest BCUT2D eigenvalue weighted by molar-refractivity contribution is 6.30. The highest BCUT2D eigenvalue weighted by Crippen LogP contribution is 2.40. The van der Waals surface area contributed by atoms with Gasteiger partial charge in [0.15, 0.2) is 0 Å². The Morgan fingerprint density at radius 3 is 2.69 bits per heavy atom. The third-order valence-corrected chi connectivity index (χ3v) is 5.42. The summed E-state index contributed by atoms with van der Waals surface area (Å²) >= 11 is 6.19. The fourth-order valence-electron chi connectivity index (χ4n) is 3.82. The minimum absolute atomic E-state index is 0.0925. The molecule has 0 bridgehead atoms. The van der Waals surface area contributed by atoms with Gasteiger partial charge in [-0.15, -0.1) is 0 Å². The van der Waals surface area contributed by atoms with E-state index < -0.39 is 11.2 Å². The Balaban J connectivity index is 2.20. The molecule has 162 valence electrons. The maximum Gasteiger partial charge on any atom is 0.410 e. The van der Waals surface area contributed by atoms with Crippen LogP contribution >= 0.6 is 11.6 Å². The van der Waals surface area contributed by atoms with Crippen LogP contribution < -0.4 is 5.32 Å². The summed E-state index contributed by atoms with van der Waals surface area (Å²) in [5.74, 6) is -0.246. The number of ether oxygens (including phenoxy) is 1. The fraction of sp³-hybridized carbons (Fsp3) is 0.636. The second-order valence-electron chi connectivity index (χ2n) is 8.79. The average Bonchev–Trinajstić information content (AvgIpc) is 2.63. The first-order chi connectivity index (χ1) is 13.5. The van der Waals surface area contributed by atoms with Gasteiger partial charge in [-0.05, 0) is 64.2 Å². The summed E-state index contributed by atoms with van der Waals surface area (Å²) in [6, 6.07) is 7.25. The van der Waals surface area contributed by atoms with Crippen molar-refractivity contribution in [2.75, 3.05) is 19.6 Å². The van der Waals surface area contributed by atoms with Gasteiger partial charge in [0, 0.05) is 37.5 Å². The number of halogens is 1. The molecular weight excluding hydrogens is 392 g/mol. The number of piperidine rings is 1. The van der Waals surface area contributed by atoms with Crippen molar-refractivity contribution in [1.29, 1.82) is 0 Å². The number of hydrogen-bond donors (Lipinski definition) is 2. The van der Waals surface area contributed by atoms with Crippen LogP contribution in [-0.4, -0.2) is 47.2 Å². The smallest absolute Gasteiger partial charge is 0.410 e. The van der Waals surface area contributed by atoms with Gasteiger partial charge < -0.3 is 20.1 Å². The molecular formula is C22H33ClN2O4. The number of benzene rings is 1. The Hall–Kier alpha value is -1.79. The van der Waals surface area contributed by atoms with Crippen LogP contribution in [0, 0.1) is 5.92 Å². The van der Waals surface area contributed by atoms with Crippen molar-refractivity contribution in [2.24, 2.45) is 5.92 Å². The highest BCUT2D eigenvalue weighted by atomic mass is 35.5. The number of nitrogens with zero attached hydrogens (tertiary/aromatic N) is 1. The molecule has 0 spiro atoms. The maximum atomic E-state index is 12.6. The SMILES string of the molecule is CC(=O)NCCC[C@@](O)(c1cccc(Cl)c1)[C@@H]1CCCN(C(=O)OC(C)(C)C)C1. The zero-order valence-corrected chi connectivity index (χ0v) is 18.6. The van der Waals surface area contributed by atoms with Crippen molar-refractivity contribution in [3.05, 3.63) is 34.9 Å². The highest BCUT2D eigenvalue weighted by Gasteiger charge is 2.41. The Morgan fingerprint density at radius 1 is 1.34 bits per heavy atom. The number of amides is 2. The zero-order valence-electron chi connectivity index (χ0n) is 17.8. The van der Waals surface area contributed by atoms with Gasteiger partial charge >= 0.3 is 6.09 Å². The van der Waals surface area contributed by atoms with Gasteiger partial charge in [0.2, 0.25) is 5.91 Å². The molecule has 2 N–H and O–H groups in total. The third-order valence-electron chi connectivity index (χ3n) is 5.18. The lowest BCUT2D eigenvalue weighted by atomic mass is 9.74. The summed E-state index contributed by atoms with van der Waals surface area (Å²) in [4.78, 5) is 25.4. The van der Waals surface area contributed by atoms with Crippen LogP contribution in [0.4, 0.5) is 4.79 Å². The lowest BCUT2D eigenvalue weighted by Gasteiger charge is -2.43. The minimum Gasteiger partial charge on any atom is -0.444 e. The summed E-state index contributed by atoms with van der Waals surface area (Å²) in [6.07, 6.45) is 2.31. The van der Waals surface area contributed by atoms with E-state index in [-0.39, 0.29) is 17.9 Å². The van der Waals surface area contributed by atoms with Crippen LogP contribution in [-0.2, 0) is 15.1 Å². The summed E-state index contributed by atoms with van der Waals surface area (Å²) in [7, 11) is 0. The lowest BCUT2D eigenvalue weighted by Crippen LogP contribution is -2.49. The van der Waals surface area contributed by atoms with Crippen molar-refractivity contribution in [2.45, 2.75) is 64.6 Å². The monoisotopic (exact) mass is 424 g/mol. The van der Waals surface area contributed by atoms with Gasteiger partial charge in [0.1, 0.15) is 5.60 Å². The molecule has 0 unspecified atom stereocenters. The van der Waals surface area contributed by atoms with Gasteiger partial charge in [-0.2, -0.15) is 0 Å². The number of hydrogen-bond acceptors (Lipinski definition) is 4. The first-order valence-corrected chi connectivity index (χ1v) is 10.6. The molecule has 0 aliphatic carbocycles. The van der Waals surface area contributed by atoms with Crippen LogP contribution in [0.3, 0.4) is 0 Å². The molecule has 1 saturated heterocycles. The van der Waals surface area contributed by atoms with E-state index in [2.05, 4.69) is 5.32 Å². The molecule has 2 rings (SSSR count). The molecule has 7 heteroatoms. The first kappa shape index (κ1) is 23.5. The molecule has 29 heavy (non-hydrogen) atoms. The predicted octanol–water partition coefficient (Wildman–Crippen LogP) is 4.09. The summed E-state index contributed by atoms with van der Waals surface area (Å²) in [5, 5.41) is 15.1. The van der Waals surface area contributed by atoms with Crippen molar-refractivity contribution in [1.82, 2.24) is 10.2 Å². The van der Waals surface area contributed by atoms with E-state index in [1.165, 1.54) is 6.92 Å². The van der Waals surface area contributed by atoms with E-state index in [0.717, 1.165) is 18.4 Å². The minimum atomic E-state index is -1.15. The van der Waals surface area contributed by atoms with Crippen LogP contribution in [0.2, 0.25) is 5.02 Å². The van der Waals surface area contributed by atoms with Crippen LogP contribution in [0.1, 0.15) is 58.9 Å². The Kier molecular flexibility index (Phi) is 7.94. The van der Waals surface area contributed by atoms with E-state index in [0.29, 0.717) is 37.5 Å². The Morgan fingerprint density at radius 2 is 2.07 bits per heavy atom. The quantitative estimate of drug-likeness (QED) is 0.674. The molecule has 1 fully saturated rings. The van der Waals surface area contributed by atoms with Gasteiger partial charge in [-0.3, -0.25) is 4.79 Å². The molecule has 6 nitrogen and oxygen atoms in total. The standard InChI is InChI=1S/C22H33ClN2O4/c1-16(26)24-12-7-11-22(28,17-8-5-10-19(23)14-17)18-9-6-13-25(15-18)20(27)29-21(2,3)4/h5,8,10,14,18,28H,6-7,9,11-13,15H2,1-4H3,(H,24,26)/t18-,22-/m1/s1. The topological polar surface area (TPSA) is 78.9 Å². The third kappa shape index (κ3) is 6.89. The van der Waals surface area contributed by atoms with Gasteiger partial charge in [0.25, 0.3) is 0 Å². The summed E-state index contributed by atoms with van der Waals surface area (Å²) in [5.41, 5.74) is -0.973. The summed E-state index contributed by atoms with van der Waals surface area (Å²) in [6.45, 7) is 8.52. The van der Waals surface area contributed by atoms with Crippen LogP contribution in [0.15, 0.2) is 24.3 Å². The molecule has 0 radical (unpaired) electrons. The van der Waals surface area contributed by atoms with E-state index in [1.807, 2.05) is 32.9 Å². The maximum absolute atomic E-state index is 12.6.